The maximum atomic E-state index is 12.2. The Morgan fingerprint density at radius 2 is 1.62 bits per heavy atom. The van der Waals surface area contributed by atoms with Crippen LogP contribution in [-0.4, -0.2) is 9.78 Å². The van der Waals surface area contributed by atoms with Gasteiger partial charge in [-0.2, -0.15) is 0 Å². The van der Waals surface area contributed by atoms with Crippen LogP contribution < -0.4 is 5.56 Å². The molecule has 0 saturated carbocycles. The van der Waals surface area contributed by atoms with Gasteiger partial charge in [0.25, 0.3) is 5.56 Å². The molecule has 0 aliphatic heterocycles. The molecule has 0 aliphatic rings. The van der Waals surface area contributed by atoms with Gasteiger partial charge in [-0.3, -0.25) is 9.89 Å². The molecule has 0 radical (unpaired) electrons. The lowest BCUT2D eigenvalue weighted by Gasteiger charge is -2.21. The highest BCUT2D eigenvalue weighted by Gasteiger charge is 2.26. The van der Waals surface area contributed by atoms with Crippen LogP contribution in [0.3, 0.4) is 0 Å². The summed E-state index contributed by atoms with van der Waals surface area (Å²) in [7, 11) is 0. The molecule has 16 heavy (non-hydrogen) atoms. The molecule has 3 nitrogen and oxygen atoms in total. The molecule has 0 bridgehead atoms. The monoisotopic (exact) mass is 224 g/mol. The summed E-state index contributed by atoms with van der Waals surface area (Å²) in [5.41, 5.74) is 1.91. The van der Waals surface area contributed by atoms with Crippen LogP contribution in [0.2, 0.25) is 0 Å². The van der Waals surface area contributed by atoms with E-state index in [0.717, 1.165) is 17.7 Å². The van der Waals surface area contributed by atoms with Crippen molar-refractivity contribution in [3.05, 3.63) is 21.6 Å². The van der Waals surface area contributed by atoms with Gasteiger partial charge in [0.05, 0.1) is 5.54 Å². The standard InChI is InChI=1S/C13H24N2O/c1-8-9-10(12(2,3)4)14-15(11(9)16)13(5,6)7/h14H,8H2,1-7H3. The molecular formula is C13H24N2O. The molecule has 1 heterocycles. The first-order valence-corrected chi connectivity index (χ1v) is 5.94. The lowest BCUT2D eigenvalue weighted by atomic mass is 9.89. The Morgan fingerprint density at radius 1 is 1.12 bits per heavy atom. The van der Waals surface area contributed by atoms with Crippen molar-refractivity contribution in [2.24, 2.45) is 0 Å². The highest BCUT2D eigenvalue weighted by atomic mass is 16.1. The first-order valence-electron chi connectivity index (χ1n) is 5.94. The Bertz CT molecular complexity index is 424. The average Bonchev–Trinajstić information content (AvgIpc) is 2.40. The van der Waals surface area contributed by atoms with Gasteiger partial charge in [-0.25, -0.2) is 4.68 Å². The molecule has 92 valence electrons. The quantitative estimate of drug-likeness (QED) is 0.782. The van der Waals surface area contributed by atoms with E-state index in [0.29, 0.717) is 0 Å². The van der Waals surface area contributed by atoms with Crippen molar-refractivity contribution < 1.29 is 0 Å². The third kappa shape index (κ3) is 2.23. The van der Waals surface area contributed by atoms with E-state index >= 15 is 0 Å². The van der Waals surface area contributed by atoms with Gasteiger partial charge in [-0.15, -0.1) is 0 Å². The molecule has 1 N–H and O–H groups in total. The Hall–Kier alpha value is -0.990. The molecule has 1 aromatic heterocycles. The van der Waals surface area contributed by atoms with Crippen molar-refractivity contribution in [1.82, 2.24) is 9.78 Å². The number of nitrogens with zero attached hydrogens (tertiary/aromatic N) is 1. The van der Waals surface area contributed by atoms with Crippen LogP contribution in [0.25, 0.3) is 0 Å². The smallest absolute Gasteiger partial charge is 0.270 e. The molecule has 0 amide bonds. The van der Waals surface area contributed by atoms with Gasteiger partial charge in [0, 0.05) is 16.7 Å². The number of aromatic nitrogens is 2. The number of hydrogen-bond acceptors (Lipinski definition) is 1. The van der Waals surface area contributed by atoms with Gasteiger partial charge in [0.1, 0.15) is 0 Å². The van der Waals surface area contributed by atoms with E-state index in [9.17, 15) is 4.79 Å². The number of rotatable bonds is 1. The summed E-state index contributed by atoms with van der Waals surface area (Å²) in [5, 5.41) is 3.29. The van der Waals surface area contributed by atoms with E-state index in [4.69, 9.17) is 0 Å². The number of nitrogens with one attached hydrogen (secondary N) is 1. The fourth-order valence-electron chi connectivity index (χ4n) is 1.89. The Morgan fingerprint density at radius 3 is 1.88 bits per heavy atom. The fourth-order valence-corrected chi connectivity index (χ4v) is 1.89. The first kappa shape index (κ1) is 13.1. The minimum atomic E-state index is -0.190. The summed E-state index contributed by atoms with van der Waals surface area (Å²) in [6.07, 6.45) is 0.783. The fraction of sp³-hybridized carbons (Fsp3) is 0.769. The maximum absolute atomic E-state index is 12.2. The molecular weight excluding hydrogens is 200 g/mol. The van der Waals surface area contributed by atoms with Crippen LogP contribution in [0, 0.1) is 0 Å². The van der Waals surface area contributed by atoms with Gasteiger partial charge in [0.15, 0.2) is 0 Å². The average molecular weight is 224 g/mol. The second-order valence-corrected chi connectivity index (χ2v) is 6.38. The van der Waals surface area contributed by atoms with E-state index in [1.54, 1.807) is 4.68 Å². The van der Waals surface area contributed by atoms with Crippen molar-refractivity contribution in [2.45, 2.75) is 65.8 Å². The minimum absolute atomic E-state index is 0.0129. The zero-order chi connectivity index (χ0) is 12.7. The minimum Gasteiger partial charge on any atom is -0.298 e. The van der Waals surface area contributed by atoms with Crippen molar-refractivity contribution in [3.63, 3.8) is 0 Å². The zero-order valence-electron chi connectivity index (χ0n) is 11.6. The molecule has 0 fully saturated rings. The summed E-state index contributed by atoms with van der Waals surface area (Å²) < 4.78 is 1.74. The SMILES string of the molecule is CCc1c(C(C)(C)C)[nH]n(C(C)(C)C)c1=O. The lowest BCUT2D eigenvalue weighted by Crippen LogP contribution is -2.33. The Labute approximate surface area is 97.8 Å². The molecule has 0 saturated heterocycles. The van der Waals surface area contributed by atoms with Crippen molar-refractivity contribution in [1.29, 1.82) is 0 Å². The summed E-state index contributed by atoms with van der Waals surface area (Å²) in [5.74, 6) is 0. The third-order valence-electron chi connectivity index (χ3n) is 2.76. The summed E-state index contributed by atoms with van der Waals surface area (Å²) in [6.45, 7) is 14.5. The molecule has 1 aromatic rings. The lowest BCUT2D eigenvalue weighted by molar-refractivity contribution is 0.339. The number of hydrogen-bond donors (Lipinski definition) is 1. The molecule has 3 heteroatoms. The Balaban J connectivity index is 3.50. The van der Waals surface area contributed by atoms with Crippen molar-refractivity contribution >= 4 is 0 Å². The Kier molecular flexibility index (Phi) is 3.10. The van der Waals surface area contributed by atoms with E-state index in [2.05, 4.69) is 25.9 Å². The molecule has 1 rings (SSSR count). The van der Waals surface area contributed by atoms with Crippen LogP contribution in [0.4, 0.5) is 0 Å². The highest BCUT2D eigenvalue weighted by molar-refractivity contribution is 5.24. The molecule has 0 spiro atoms. The molecule has 0 unspecified atom stereocenters. The second-order valence-electron chi connectivity index (χ2n) is 6.38. The summed E-state index contributed by atoms with van der Waals surface area (Å²) in [6, 6.07) is 0. The largest absolute Gasteiger partial charge is 0.298 e. The van der Waals surface area contributed by atoms with Gasteiger partial charge in [0.2, 0.25) is 0 Å². The molecule has 0 aliphatic carbocycles. The van der Waals surface area contributed by atoms with Crippen LogP contribution in [-0.2, 0) is 17.4 Å². The van der Waals surface area contributed by atoms with Gasteiger partial charge in [-0.05, 0) is 27.2 Å². The topological polar surface area (TPSA) is 37.8 Å². The van der Waals surface area contributed by atoms with E-state index in [1.807, 2.05) is 27.7 Å². The number of H-pyrrole nitrogens is 1. The van der Waals surface area contributed by atoms with Crippen LogP contribution in [0.15, 0.2) is 4.79 Å². The van der Waals surface area contributed by atoms with Crippen molar-refractivity contribution in [2.75, 3.05) is 0 Å². The predicted molar refractivity (Wildman–Crippen MR) is 68.1 cm³/mol. The highest BCUT2D eigenvalue weighted by Crippen LogP contribution is 2.24. The zero-order valence-corrected chi connectivity index (χ0v) is 11.6. The second kappa shape index (κ2) is 3.79. The van der Waals surface area contributed by atoms with Gasteiger partial charge < -0.3 is 0 Å². The van der Waals surface area contributed by atoms with Crippen molar-refractivity contribution in [3.8, 4) is 0 Å². The molecule has 0 aromatic carbocycles. The normalized spacial score (nSPS) is 13.2. The summed E-state index contributed by atoms with van der Waals surface area (Å²) in [4.78, 5) is 12.2. The predicted octanol–water partition coefficient (Wildman–Crippen LogP) is 2.79. The van der Waals surface area contributed by atoms with Crippen LogP contribution in [0.5, 0.6) is 0 Å². The van der Waals surface area contributed by atoms with E-state index in [1.165, 1.54) is 0 Å². The third-order valence-corrected chi connectivity index (χ3v) is 2.76. The van der Waals surface area contributed by atoms with Crippen LogP contribution in [0.1, 0.15) is 59.7 Å². The first-order chi connectivity index (χ1) is 7.09. The van der Waals surface area contributed by atoms with Gasteiger partial charge >= 0.3 is 0 Å². The maximum Gasteiger partial charge on any atom is 0.270 e. The van der Waals surface area contributed by atoms with E-state index < -0.39 is 0 Å². The molecule has 0 atom stereocenters. The van der Waals surface area contributed by atoms with Crippen LogP contribution >= 0.6 is 0 Å². The summed E-state index contributed by atoms with van der Waals surface area (Å²) >= 11 is 0. The van der Waals surface area contributed by atoms with E-state index in [-0.39, 0.29) is 16.5 Å². The number of aromatic amines is 1. The van der Waals surface area contributed by atoms with Gasteiger partial charge in [-0.1, -0.05) is 27.7 Å².